The van der Waals surface area contributed by atoms with Crippen molar-refractivity contribution in [3.8, 4) is 6.07 Å². The number of anilines is 1. The molecule has 2 saturated carbocycles. The average molecular weight is 283 g/mol. The second-order valence-electron chi connectivity index (χ2n) is 6.61. The molecule has 1 saturated heterocycles. The van der Waals surface area contributed by atoms with Gasteiger partial charge in [-0.1, -0.05) is 6.42 Å². The SMILES string of the molecule is N#Cc1nccnc1N1CCN([C@H]2C[C@H]3CC[C@H]2C3)CC1. The molecule has 3 atom stereocenters. The van der Waals surface area contributed by atoms with Gasteiger partial charge in [-0.05, 0) is 31.1 Å². The maximum Gasteiger partial charge on any atom is 0.183 e. The van der Waals surface area contributed by atoms with Crippen LogP contribution in [0.4, 0.5) is 5.82 Å². The molecule has 21 heavy (non-hydrogen) atoms. The van der Waals surface area contributed by atoms with E-state index in [9.17, 15) is 0 Å². The smallest absolute Gasteiger partial charge is 0.183 e. The summed E-state index contributed by atoms with van der Waals surface area (Å²) < 4.78 is 0. The highest BCUT2D eigenvalue weighted by molar-refractivity contribution is 5.49. The second-order valence-corrected chi connectivity index (χ2v) is 6.61. The van der Waals surface area contributed by atoms with E-state index in [2.05, 4.69) is 25.8 Å². The number of hydrogen-bond acceptors (Lipinski definition) is 5. The predicted molar refractivity (Wildman–Crippen MR) is 79.8 cm³/mol. The molecule has 5 nitrogen and oxygen atoms in total. The van der Waals surface area contributed by atoms with Crippen molar-refractivity contribution in [1.82, 2.24) is 14.9 Å². The molecule has 0 amide bonds. The fourth-order valence-electron chi connectivity index (χ4n) is 4.56. The van der Waals surface area contributed by atoms with E-state index >= 15 is 0 Å². The summed E-state index contributed by atoms with van der Waals surface area (Å²) in [6.45, 7) is 4.10. The molecule has 0 unspecified atom stereocenters. The van der Waals surface area contributed by atoms with Crippen molar-refractivity contribution in [2.45, 2.75) is 31.7 Å². The quantitative estimate of drug-likeness (QED) is 0.826. The first kappa shape index (κ1) is 13.0. The lowest BCUT2D eigenvalue weighted by Crippen LogP contribution is -2.52. The highest BCUT2D eigenvalue weighted by Gasteiger charge is 2.42. The molecule has 0 spiro atoms. The second kappa shape index (κ2) is 5.27. The Hall–Kier alpha value is -1.67. The van der Waals surface area contributed by atoms with Gasteiger partial charge in [0.1, 0.15) is 6.07 Å². The van der Waals surface area contributed by atoms with Crippen LogP contribution in [0.15, 0.2) is 12.4 Å². The first-order valence-electron chi connectivity index (χ1n) is 8.05. The normalized spacial score (nSPS) is 32.3. The molecule has 3 aliphatic rings. The van der Waals surface area contributed by atoms with Gasteiger partial charge in [-0.3, -0.25) is 4.90 Å². The minimum absolute atomic E-state index is 0.450. The number of fused-ring (bicyclic) bond motifs is 2. The summed E-state index contributed by atoms with van der Waals surface area (Å²) >= 11 is 0. The summed E-state index contributed by atoms with van der Waals surface area (Å²) in [6, 6.07) is 2.97. The summed E-state index contributed by atoms with van der Waals surface area (Å²) in [5, 5.41) is 9.16. The molecule has 3 fully saturated rings. The van der Waals surface area contributed by atoms with Gasteiger partial charge in [0.15, 0.2) is 11.5 Å². The summed E-state index contributed by atoms with van der Waals surface area (Å²) in [4.78, 5) is 13.4. The van der Waals surface area contributed by atoms with Crippen LogP contribution in [0.1, 0.15) is 31.4 Å². The van der Waals surface area contributed by atoms with Gasteiger partial charge < -0.3 is 4.90 Å². The Morgan fingerprint density at radius 3 is 2.52 bits per heavy atom. The van der Waals surface area contributed by atoms with E-state index in [1.807, 2.05) is 0 Å². The first-order valence-corrected chi connectivity index (χ1v) is 8.05. The minimum Gasteiger partial charge on any atom is -0.352 e. The Labute approximate surface area is 125 Å². The average Bonchev–Trinajstić information content (AvgIpc) is 3.18. The number of rotatable bonds is 2. The maximum absolute atomic E-state index is 9.16. The predicted octanol–water partition coefficient (Wildman–Crippen LogP) is 1.66. The third-order valence-corrected chi connectivity index (χ3v) is 5.57. The van der Waals surface area contributed by atoms with Crippen LogP contribution in [0.25, 0.3) is 0 Å². The molecule has 2 bridgehead atoms. The number of piperazine rings is 1. The first-order chi connectivity index (χ1) is 10.3. The number of nitrogens with zero attached hydrogens (tertiary/aromatic N) is 5. The summed E-state index contributed by atoms with van der Waals surface area (Å²) in [5.74, 6) is 2.71. The van der Waals surface area contributed by atoms with Gasteiger partial charge in [0.25, 0.3) is 0 Å². The van der Waals surface area contributed by atoms with E-state index in [4.69, 9.17) is 5.26 Å². The fourth-order valence-corrected chi connectivity index (χ4v) is 4.56. The Balaban J connectivity index is 1.42. The van der Waals surface area contributed by atoms with Gasteiger partial charge in [-0.25, -0.2) is 9.97 Å². The zero-order chi connectivity index (χ0) is 14.2. The van der Waals surface area contributed by atoms with E-state index in [0.29, 0.717) is 5.69 Å². The number of nitriles is 1. The molecule has 1 aromatic heterocycles. The van der Waals surface area contributed by atoms with Crippen LogP contribution in [0, 0.1) is 23.2 Å². The largest absolute Gasteiger partial charge is 0.352 e. The molecule has 5 heteroatoms. The van der Waals surface area contributed by atoms with Crippen LogP contribution in [0.5, 0.6) is 0 Å². The topological polar surface area (TPSA) is 56.1 Å². The number of aromatic nitrogens is 2. The molecule has 0 N–H and O–H groups in total. The van der Waals surface area contributed by atoms with Gasteiger partial charge in [0.2, 0.25) is 0 Å². The highest BCUT2D eigenvalue weighted by Crippen LogP contribution is 2.46. The van der Waals surface area contributed by atoms with Crippen LogP contribution in [-0.2, 0) is 0 Å². The van der Waals surface area contributed by atoms with E-state index in [0.717, 1.165) is 49.9 Å². The number of hydrogen-bond donors (Lipinski definition) is 0. The van der Waals surface area contributed by atoms with E-state index < -0.39 is 0 Å². The van der Waals surface area contributed by atoms with Crippen molar-refractivity contribution in [3.63, 3.8) is 0 Å². The van der Waals surface area contributed by atoms with Crippen LogP contribution in [0.3, 0.4) is 0 Å². The van der Waals surface area contributed by atoms with Crippen molar-refractivity contribution < 1.29 is 0 Å². The molecular weight excluding hydrogens is 262 g/mol. The van der Waals surface area contributed by atoms with Gasteiger partial charge in [0.05, 0.1) is 0 Å². The standard InChI is InChI=1S/C16H21N5/c17-11-14-16(19-4-3-18-14)21-7-5-20(6-8-21)15-10-12-1-2-13(15)9-12/h3-4,12-13,15H,1-2,5-10H2/t12-,13-,15-/m0/s1. The van der Waals surface area contributed by atoms with Crippen molar-refractivity contribution >= 4 is 5.82 Å². The molecule has 1 aliphatic heterocycles. The van der Waals surface area contributed by atoms with Crippen LogP contribution in [-0.4, -0.2) is 47.1 Å². The molecule has 110 valence electrons. The molecule has 4 rings (SSSR count). The van der Waals surface area contributed by atoms with Gasteiger partial charge >= 0.3 is 0 Å². The van der Waals surface area contributed by atoms with Crippen LogP contribution in [0.2, 0.25) is 0 Å². The van der Waals surface area contributed by atoms with Gasteiger partial charge in [0, 0.05) is 44.6 Å². The Morgan fingerprint density at radius 2 is 1.86 bits per heavy atom. The summed E-state index contributed by atoms with van der Waals surface area (Å²) in [7, 11) is 0. The van der Waals surface area contributed by atoms with Crippen molar-refractivity contribution in [2.75, 3.05) is 31.1 Å². The molecule has 0 radical (unpaired) electrons. The van der Waals surface area contributed by atoms with E-state index in [-0.39, 0.29) is 0 Å². The van der Waals surface area contributed by atoms with Crippen LogP contribution < -0.4 is 4.90 Å². The lowest BCUT2D eigenvalue weighted by atomic mass is 9.93. The van der Waals surface area contributed by atoms with Crippen molar-refractivity contribution in [1.29, 1.82) is 5.26 Å². The Bertz CT molecular complexity index is 558. The Kier molecular flexibility index (Phi) is 3.27. The third-order valence-electron chi connectivity index (χ3n) is 5.57. The monoisotopic (exact) mass is 283 g/mol. The minimum atomic E-state index is 0.450. The van der Waals surface area contributed by atoms with E-state index in [1.54, 1.807) is 12.4 Å². The lowest BCUT2D eigenvalue weighted by Gasteiger charge is -2.41. The third kappa shape index (κ3) is 2.28. The zero-order valence-corrected chi connectivity index (χ0v) is 12.3. The molecule has 1 aromatic rings. The van der Waals surface area contributed by atoms with Crippen molar-refractivity contribution in [3.05, 3.63) is 18.1 Å². The summed E-state index contributed by atoms with van der Waals surface area (Å²) in [6.07, 6.45) is 9.06. The maximum atomic E-state index is 9.16. The van der Waals surface area contributed by atoms with Crippen molar-refractivity contribution in [2.24, 2.45) is 11.8 Å². The molecule has 2 aliphatic carbocycles. The molecule has 0 aromatic carbocycles. The van der Waals surface area contributed by atoms with Gasteiger partial charge in [-0.15, -0.1) is 0 Å². The van der Waals surface area contributed by atoms with E-state index in [1.165, 1.54) is 25.7 Å². The zero-order valence-electron chi connectivity index (χ0n) is 12.3. The van der Waals surface area contributed by atoms with Gasteiger partial charge in [-0.2, -0.15) is 5.26 Å². The Morgan fingerprint density at radius 1 is 1.05 bits per heavy atom. The molecule has 2 heterocycles. The summed E-state index contributed by atoms with van der Waals surface area (Å²) in [5.41, 5.74) is 0.450. The molecular formula is C16H21N5. The highest BCUT2D eigenvalue weighted by atomic mass is 15.3. The lowest BCUT2D eigenvalue weighted by molar-refractivity contribution is 0.134. The van der Waals surface area contributed by atoms with Crippen LogP contribution >= 0.6 is 0 Å². The fraction of sp³-hybridized carbons (Fsp3) is 0.688.